The molecule has 1 unspecified atom stereocenters. The van der Waals surface area contributed by atoms with E-state index in [1.165, 1.54) is 0 Å². The number of H-pyrrole nitrogens is 1. The van der Waals surface area contributed by atoms with E-state index in [0.717, 1.165) is 15.9 Å². The first-order valence-corrected chi connectivity index (χ1v) is 8.14. The highest BCUT2D eigenvalue weighted by atomic mass is 79.9. The number of hydrogen-bond donors (Lipinski definition) is 2. The molecule has 1 amide bonds. The Morgan fingerprint density at radius 3 is 2.65 bits per heavy atom. The molecule has 124 valence electrons. The van der Waals surface area contributed by atoms with Crippen molar-refractivity contribution < 1.29 is 4.79 Å². The van der Waals surface area contributed by atoms with E-state index in [9.17, 15) is 4.79 Å². The van der Waals surface area contributed by atoms with Crippen LogP contribution in [-0.4, -0.2) is 33.0 Å². The molecule has 6 nitrogen and oxygen atoms in total. The highest BCUT2D eigenvalue weighted by Gasteiger charge is 2.25. The second-order valence-electron chi connectivity index (χ2n) is 6.63. The minimum absolute atomic E-state index is 0.124. The molecular formula is C16H22BrN5O. The highest BCUT2D eigenvalue weighted by molar-refractivity contribution is 9.10. The predicted molar refractivity (Wildman–Crippen MR) is 92.6 cm³/mol. The van der Waals surface area contributed by atoms with Gasteiger partial charge < -0.3 is 5.73 Å². The second-order valence-corrected chi connectivity index (χ2v) is 7.55. The zero-order valence-electron chi connectivity index (χ0n) is 13.8. The van der Waals surface area contributed by atoms with Gasteiger partial charge in [0.2, 0.25) is 5.91 Å². The lowest BCUT2D eigenvalue weighted by atomic mass is 9.96. The number of nitrogens with one attached hydrogen (secondary N) is 1. The van der Waals surface area contributed by atoms with E-state index in [1.807, 2.05) is 36.2 Å². The summed E-state index contributed by atoms with van der Waals surface area (Å²) in [5, 5.41) is 7.18. The van der Waals surface area contributed by atoms with Crippen LogP contribution in [0, 0.1) is 0 Å². The van der Waals surface area contributed by atoms with Crippen LogP contribution in [0.15, 0.2) is 28.7 Å². The van der Waals surface area contributed by atoms with Crippen LogP contribution in [0.5, 0.6) is 0 Å². The smallest absolute Gasteiger partial charge is 0.239 e. The minimum Gasteiger partial charge on any atom is -0.368 e. The summed E-state index contributed by atoms with van der Waals surface area (Å²) in [6.07, 6.45) is 0. The van der Waals surface area contributed by atoms with E-state index in [4.69, 9.17) is 5.73 Å². The van der Waals surface area contributed by atoms with Gasteiger partial charge in [0, 0.05) is 9.89 Å². The van der Waals surface area contributed by atoms with Gasteiger partial charge in [0.05, 0.1) is 6.54 Å². The van der Waals surface area contributed by atoms with Crippen molar-refractivity contribution in [2.75, 3.05) is 7.05 Å². The number of primary amides is 1. The molecule has 0 radical (unpaired) electrons. The van der Waals surface area contributed by atoms with Crippen LogP contribution < -0.4 is 5.73 Å². The first-order valence-electron chi connectivity index (χ1n) is 7.35. The number of likely N-dealkylation sites (N-methyl/N-ethyl adjacent to an activating group) is 1. The van der Waals surface area contributed by atoms with Crippen molar-refractivity contribution in [2.24, 2.45) is 5.73 Å². The first kappa shape index (κ1) is 17.6. The average molecular weight is 380 g/mol. The number of nitrogens with two attached hydrogens (primary N) is 1. The largest absolute Gasteiger partial charge is 0.368 e. The Morgan fingerprint density at radius 2 is 2.13 bits per heavy atom. The molecule has 2 aromatic rings. The van der Waals surface area contributed by atoms with Crippen molar-refractivity contribution in [1.29, 1.82) is 0 Å². The summed E-state index contributed by atoms with van der Waals surface area (Å²) in [6.45, 7) is 6.61. The summed E-state index contributed by atoms with van der Waals surface area (Å²) < 4.78 is 0.907. The van der Waals surface area contributed by atoms with E-state index >= 15 is 0 Å². The zero-order valence-corrected chi connectivity index (χ0v) is 15.4. The molecule has 0 saturated heterocycles. The Balaban J connectivity index is 2.21. The maximum Gasteiger partial charge on any atom is 0.239 e. The van der Waals surface area contributed by atoms with Crippen LogP contribution >= 0.6 is 15.9 Å². The van der Waals surface area contributed by atoms with Crippen molar-refractivity contribution in [2.45, 2.75) is 38.8 Å². The van der Waals surface area contributed by atoms with Crippen molar-refractivity contribution >= 4 is 21.8 Å². The van der Waals surface area contributed by atoms with E-state index < -0.39 is 11.9 Å². The van der Waals surface area contributed by atoms with Crippen molar-refractivity contribution in [3.05, 3.63) is 46.0 Å². The molecule has 23 heavy (non-hydrogen) atoms. The number of benzene rings is 1. The average Bonchev–Trinajstić information content (AvgIpc) is 2.86. The fourth-order valence-corrected chi connectivity index (χ4v) is 2.76. The molecule has 3 N–H and O–H groups in total. The van der Waals surface area contributed by atoms with Crippen LogP contribution in [0.1, 0.15) is 44.0 Å². The van der Waals surface area contributed by atoms with Crippen LogP contribution in [0.3, 0.4) is 0 Å². The number of halogens is 1. The molecule has 7 heteroatoms. The van der Waals surface area contributed by atoms with Gasteiger partial charge in [0.25, 0.3) is 0 Å². The molecule has 1 heterocycles. The summed E-state index contributed by atoms with van der Waals surface area (Å²) in [5.74, 6) is 1.05. The van der Waals surface area contributed by atoms with Crippen LogP contribution in [-0.2, 0) is 16.8 Å². The monoisotopic (exact) mass is 379 g/mol. The molecule has 0 saturated carbocycles. The van der Waals surface area contributed by atoms with Gasteiger partial charge in [-0.3, -0.25) is 14.8 Å². The van der Waals surface area contributed by atoms with Crippen LogP contribution in [0.2, 0.25) is 0 Å². The summed E-state index contributed by atoms with van der Waals surface area (Å²) in [5.41, 5.74) is 6.32. The second kappa shape index (κ2) is 6.80. The molecule has 1 aromatic carbocycles. The van der Waals surface area contributed by atoms with E-state index in [-0.39, 0.29) is 5.41 Å². The highest BCUT2D eigenvalue weighted by Crippen LogP contribution is 2.24. The summed E-state index contributed by atoms with van der Waals surface area (Å²) in [6, 6.07) is 7.05. The maximum atomic E-state index is 11.9. The van der Waals surface area contributed by atoms with Crippen LogP contribution in [0.4, 0.5) is 0 Å². The summed E-state index contributed by atoms with van der Waals surface area (Å²) in [4.78, 5) is 18.3. The van der Waals surface area contributed by atoms with E-state index in [2.05, 4.69) is 51.9 Å². The third kappa shape index (κ3) is 4.39. The fourth-order valence-electron chi connectivity index (χ4n) is 2.34. The molecule has 0 aliphatic rings. The predicted octanol–water partition coefficient (Wildman–Crippen LogP) is 2.52. The van der Waals surface area contributed by atoms with Crippen molar-refractivity contribution in [3.63, 3.8) is 0 Å². The maximum absolute atomic E-state index is 11.9. The van der Waals surface area contributed by atoms with Gasteiger partial charge in [-0.2, -0.15) is 5.10 Å². The van der Waals surface area contributed by atoms with Gasteiger partial charge in [0.15, 0.2) is 5.82 Å². The molecule has 2 rings (SSSR count). The lowest BCUT2D eigenvalue weighted by molar-refractivity contribution is -0.123. The molecule has 0 fully saturated rings. The number of aromatic amines is 1. The molecule has 0 aliphatic heterocycles. The Hall–Kier alpha value is -1.73. The molecule has 0 bridgehead atoms. The van der Waals surface area contributed by atoms with E-state index in [1.54, 1.807) is 0 Å². The van der Waals surface area contributed by atoms with Gasteiger partial charge >= 0.3 is 0 Å². The number of aromatic nitrogens is 3. The number of carbonyl (C=O) groups excluding carboxylic acids is 1. The molecule has 0 spiro atoms. The number of carbonyl (C=O) groups is 1. The lowest BCUT2D eigenvalue weighted by Gasteiger charge is -2.25. The fraction of sp³-hybridized carbons (Fsp3) is 0.438. The van der Waals surface area contributed by atoms with Crippen molar-refractivity contribution in [1.82, 2.24) is 20.1 Å². The molecule has 0 aliphatic carbocycles. The van der Waals surface area contributed by atoms with Gasteiger partial charge in [-0.1, -0.05) is 48.8 Å². The van der Waals surface area contributed by atoms with Gasteiger partial charge in [-0.25, -0.2) is 4.98 Å². The number of rotatable bonds is 5. The topological polar surface area (TPSA) is 87.9 Å². The van der Waals surface area contributed by atoms with Crippen LogP contribution in [0.25, 0.3) is 0 Å². The normalized spacial score (nSPS) is 13.3. The Bertz CT molecular complexity index is 692. The van der Waals surface area contributed by atoms with E-state index in [0.29, 0.717) is 12.4 Å². The Kier molecular flexibility index (Phi) is 5.21. The quantitative estimate of drug-likeness (QED) is 0.835. The standard InChI is InChI=1S/C16H22BrN5O/c1-16(2,3)15-19-12(20-21-15)9-22(4)13(14(18)23)10-6-5-7-11(17)8-10/h5-8,13H,9H2,1-4H3,(H2,18,23)(H,19,20,21). The van der Waals surface area contributed by atoms with Gasteiger partial charge in [-0.05, 0) is 24.7 Å². The molecular weight excluding hydrogens is 358 g/mol. The molecule has 1 atom stereocenters. The Morgan fingerprint density at radius 1 is 1.43 bits per heavy atom. The summed E-state index contributed by atoms with van der Waals surface area (Å²) in [7, 11) is 1.84. The SMILES string of the molecule is CN(Cc1nc(C(C)(C)C)n[nH]1)C(C(N)=O)c1cccc(Br)c1. The molecule has 1 aromatic heterocycles. The minimum atomic E-state index is -0.532. The first-order chi connectivity index (χ1) is 10.7. The number of nitrogens with zero attached hydrogens (tertiary/aromatic N) is 3. The Labute approximate surface area is 144 Å². The zero-order chi connectivity index (χ0) is 17.2. The third-order valence-electron chi connectivity index (χ3n) is 3.48. The van der Waals surface area contributed by atoms with Crippen molar-refractivity contribution in [3.8, 4) is 0 Å². The number of hydrogen-bond acceptors (Lipinski definition) is 4. The number of amides is 1. The van der Waals surface area contributed by atoms with Gasteiger partial charge in [0.1, 0.15) is 11.9 Å². The summed E-state index contributed by atoms with van der Waals surface area (Å²) >= 11 is 3.42. The van der Waals surface area contributed by atoms with Gasteiger partial charge in [-0.15, -0.1) is 0 Å². The lowest BCUT2D eigenvalue weighted by Crippen LogP contribution is -2.35. The third-order valence-corrected chi connectivity index (χ3v) is 3.97.